The Hall–Kier alpha value is -0.830. The smallest absolute Gasteiger partial charge is 0.307 e. The van der Waals surface area contributed by atoms with E-state index >= 15 is 0 Å². The van der Waals surface area contributed by atoms with Crippen molar-refractivity contribution < 1.29 is 9.90 Å². The zero-order valence-corrected chi connectivity index (χ0v) is 7.79. The average molecular weight is 171 g/mol. The van der Waals surface area contributed by atoms with Crippen molar-refractivity contribution in [2.24, 2.45) is 0 Å². The fourth-order valence-electron chi connectivity index (χ4n) is 0.890. The van der Waals surface area contributed by atoms with Crippen LogP contribution in [0.4, 0.5) is 0 Å². The fraction of sp³-hybridized carbons (Fsp3) is 0.667. The highest BCUT2D eigenvalue weighted by Crippen LogP contribution is 1.89. The Kier molecular flexibility index (Phi) is 6.38. The number of carboxylic acid groups (broad SMARTS) is 1. The molecule has 0 aromatic rings. The Morgan fingerprint density at radius 3 is 2.33 bits per heavy atom. The van der Waals surface area contributed by atoms with Crippen LogP contribution in [0.5, 0.6) is 0 Å². The molecule has 0 spiro atoms. The Morgan fingerprint density at radius 1 is 1.33 bits per heavy atom. The second-order valence-electron chi connectivity index (χ2n) is 2.56. The van der Waals surface area contributed by atoms with E-state index in [1.807, 2.05) is 6.08 Å². The molecule has 3 nitrogen and oxygen atoms in total. The Balaban J connectivity index is 3.50. The van der Waals surface area contributed by atoms with Gasteiger partial charge >= 0.3 is 5.97 Å². The van der Waals surface area contributed by atoms with Gasteiger partial charge in [0.05, 0.1) is 6.42 Å². The summed E-state index contributed by atoms with van der Waals surface area (Å²) in [6.07, 6.45) is 3.73. The maximum Gasteiger partial charge on any atom is 0.307 e. The van der Waals surface area contributed by atoms with E-state index in [0.717, 1.165) is 19.6 Å². The molecule has 0 rings (SSSR count). The molecule has 0 heterocycles. The highest BCUT2D eigenvalue weighted by atomic mass is 16.4. The van der Waals surface area contributed by atoms with Crippen LogP contribution in [0.2, 0.25) is 0 Å². The summed E-state index contributed by atoms with van der Waals surface area (Å²) in [4.78, 5) is 12.3. The summed E-state index contributed by atoms with van der Waals surface area (Å²) < 4.78 is 0. The number of rotatable bonds is 6. The summed E-state index contributed by atoms with van der Waals surface area (Å²) in [5.74, 6) is -0.772. The van der Waals surface area contributed by atoms with Crippen molar-refractivity contribution in [1.82, 2.24) is 4.90 Å². The van der Waals surface area contributed by atoms with Crippen LogP contribution in [0.3, 0.4) is 0 Å². The number of hydrogen-bond acceptors (Lipinski definition) is 2. The summed E-state index contributed by atoms with van der Waals surface area (Å²) in [7, 11) is 0. The highest BCUT2D eigenvalue weighted by Gasteiger charge is 1.94. The standard InChI is InChI=1S/C9H17NO2/c1-3-10(4-2)8-6-5-7-9(11)12/h5-6H,3-4,7-8H2,1-2H3,(H,11,12)/b6-5+. The van der Waals surface area contributed by atoms with Gasteiger partial charge in [-0.2, -0.15) is 0 Å². The number of aliphatic carboxylic acids is 1. The largest absolute Gasteiger partial charge is 0.481 e. The first-order chi connectivity index (χ1) is 5.70. The number of hydrogen-bond donors (Lipinski definition) is 1. The summed E-state index contributed by atoms with van der Waals surface area (Å²) >= 11 is 0. The third-order valence-corrected chi connectivity index (χ3v) is 1.72. The molecule has 0 aliphatic heterocycles. The lowest BCUT2D eigenvalue weighted by molar-refractivity contribution is -0.136. The van der Waals surface area contributed by atoms with E-state index < -0.39 is 5.97 Å². The molecule has 0 aliphatic rings. The van der Waals surface area contributed by atoms with Crippen LogP contribution in [-0.2, 0) is 4.79 Å². The van der Waals surface area contributed by atoms with Gasteiger partial charge in [0.2, 0.25) is 0 Å². The van der Waals surface area contributed by atoms with Crippen molar-refractivity contribution in [2.45, 2.75) is 20.3 Å². The average Bonchev–Trinajstić information content (AvgIpc) is 2.04. The van der Waals surface area contributed by atoms with E-state index in [-0.39, 0.29) is 6.42 Å². The molecule has 0 bridgehead atoms. The van der Waals surface area contributed by atoms with Crippen molar-refractivity contribution in [3.8, 4) is 0 Å². The summed E-state index contributed by atoms with van der Waals surface area (Å²) in [5.41, 5.74) is 0. The van der Waals surface area contributed by atoms with Crippen LogP contribution < -0.4 is 0 Å². The van der Waals surface area contributed by atoms with Crippen LogP contribution in [0, 0.1) is 0 Å². The van der Waals surface area contributed by atoms with Gasteiger partial charge in [0.1, 0.15) is 0 Å². The number of carboxylic acids is 1. The van der Waals surface area contributed by atoms with E-state index in [4.69, 9.17) is 5.11 Å². The van der Waals surface area contributed by atoms with E-state index in [2.05, 4.69) is 18.7 Å². The minimum absolute atomic E-state index is 0.126. The number of carbonyl (C=O) groups is 1. The second kappa shape index (κ2) is 6.85. The molecule has 70 valence electrons. The molecule has 0 atom stereocenters. The van der Waals surface area contributed by atoms with Gasteiger partial charge in [0.25, 0.3) is 0 Å². The fourth-order valence-corrected chi connectivity index (χ4v) is 0.890. The lowest BCUT2D eigenvalue weighted by Crippen LogP contribution is -2.22. The molecule has 0 aromatic heterocycles. The van der Waals surface area contributed by atoms with Crippen molar-refractivity contribution in [3.05, 3.63) is 12.2 Å². The monoisotopic (exact) mass is 171 g/mol. The molecular weight excluding hydrogens is 154 g/mol. The number of nitrogens with zero attached hydrogens (tertiary/aromatic N) is 1. The van der Waals surface area contributed by atoms with Crippen molar-refractivity contribution >= 4 is 5.97 Å². The molecular formula is C9H17NO2. The molecule has 0 fully saturated rings. The molecule has 0 saturated heterocycles. The topological polar surface area (TPSA) is 40.5 Å². The minimum atomic E-state index is -0.772. The highest BCUT2D eigenvalue weighted by molar-refractivity contribution is 5.68. The first-order valence-corrected chi connectivity index (χ1v) is 4.29. The van der Waals surface area contributed by atoms with Gasteiger partial charge in [0.15, 0.2) is 0 Å². The molecule has 3 heteroatoms. The minimum Gasteiger partial charge on any atom is -0.481 e. The van der Waals surface area contributed by atoms with Gasteiger partial charge in [-0.25, -0.2) is 0 Å². The Bertz CT molecular complexity index is 151. The number of likely N-dealkylation sites (N-methyl/N-ethyl adjacent to an activating group) is 1. The third-order valence-electron chi connectivity index (χ3n) is 1.72. The normalized spacial score (nSPS) is 11.2. The third kappa shape index (κ3) is 5.92. The first-order valence-electron chi connectivity index (χ1n) is 4.29. The van der Waals surface area contributed by atoms with Crippen LogP contribution in [0.1, 0.15) is 20.3 Å². The molecule has 0 saturated carbocycles. The van der Waals surface area contributed by atoms with Gasteiger partial charge in [-0.3, -0.25) is 4.79 Å². The maximum absolute atomic E-state index is 10.1. The molecule has 0 aromatic carbocycles. The molecule has 0 aliphatic carbocycles. The van der Waals surface area contributed by atoms with Gasteiger partial charge in [-0.05, 0) is 13.1 Å². The predicted octanol–water partition coefficient (Wildman–Crippen LogP) is 1.36. The maximum atomic E-state index is 10.1. The van der Waals surface area contributed by atoms with E-state index in [0.29, 0.717) is 0 Å². The molecule has 0 amide bonds. The van der Waals surface area contributed by atoms with Gasteiger partial charge in [-0.1, -0.05) is 26.0 Å². The van der Waals surface area contributed by atoms with Crippen LogP contribution in [-0.4, -0.2) is 35.6 Å². The zero-order valence-electron chi connectivity index (χ0n) is 7.79. The quantitative estimate of drug-likeness (QED) is 0.613. The zero-order chi connectivity index (χ0) is 9.40. The van der Waals surface area contributed by atoms with E-state index in [1.54, 1.807) is 6.08 Å². The lowest BCUT2D eigenvalue weighted by atomic mass is 10.3. The Morgan fingerprint density at radius 2 is 1.92 bits per heavy atom. The molecule has 0 unspecified atom stereocenters. The summed E-state index contributed by atoms with van der Waals surface area (Å²) in [6.45, 7) is 7.05. The molecule has 12 heavy (non-hydrogen) atoms. The predicted molar refractivity (Wildman–Crippen MR) is 49.2 cm³/mol. The summed E-state index contributed by atoms with van der Waals surface area (Å²) in [6, 6.07) is 0. The van der Waals surface area contributed by atoms with Crippen molar-refractivity contribution in [3.63, 3.8) is 0 Å². The molecule has 1 N–H and O–H groups in total. The van der Waals surface area contributed by atoms with Crippen molar-refractivity contribution in [1.29, 1.82) is 0 Å². The second-order valence-corrected chi connectivity index (χ2v) is 2.56. The van der Waals surface area contributed by atoms with E-state index in [1.165, 1.54) is 0 Å². The van der Waals surface area contributed by atoms with Gasteiger partial charge < -0.3 is 10.0 Å². The van der Waals surface area contributed by atoms with Crippen LogP contribution >= 0.6 is 0 Å². The molecule has 0 radical (unpaired) electrons. The lowest BCUT2D eigenvalue weighted by Gasteiger charge is -2.14. The van der Waals surface area contributed by atoms with Crippen LogP contribution in [0.25, 0.3) is 0 Å². The SMILES string of the molecule is CCN(CC)C/C=C/CC(=O)O. The Labute approximate surface area is 73.7 Å². The van der Waals surface area contributed by atoms with Crippen LogP contribution in [0.15, 0.2) is 12.2 Å². The van der Waals surface area contributed by atoms with Crippen molar-refractivity contribution in [2.75, 3.05) is 19.6 Å². The first kappa shape index (κ1) is 11.2. The van der Waals surface area contributed by atoms with E-state index in [9.17, 15) is 4.79 Å². The van der Waals surface area contributed by atoms with Gasteiger partial charge in [0, 0.05) is 6.54 Å². The summed E-state index contributed by atoms with van der Waals surface area (Å²) in [5, 5.41) is 8.33. The van der Waals surface area contributed by atoms with Gasteiger partial charge in [-0.15, -0.1) is 0 Å².